The van der Waals surface area contributed by atoms with Crippen LogP contribution in [0.1, 0.15) is 69.4 Å². The van der Waals surface area contributed by atoms with Crippen LogP contribution in [0.5, 0.6) is 0 Å². The monoisotopic (exact) mass is 435 g/mol. The van der Waals surface area contributed by atoms with Crippen molar-refractivity contribution < 1.29 is 9.53 Å². The Morgan fingerprint density at radius 3 is 2.12 bits per heavy atom. The van der Waals surface area contributed by atoms with Crippen molar-refractivity contribution in [2.45, 2.75) is 59.2 Å². The first-order chi connectivity index (χ1) is 15.6. The molecular weight excluding hydrogens is 398 g/mol. The maximum atomic E-state index is 11.9. The average Bonchev–Trinajstić information content (AvgIpc) is 2.80. The second kappa shape index (κ2) is 14.4. The van der Waals surface area contributed by atoms with Crippen LogP contribution >= 0.6 is 0 Å². The minimum absolute atomic E-state index is 0.291. The van der Waals surface area contributed by atoms with Crippen molar-refractivity contribution in [2.24, 2.45) is 0 Å². The summed E-state index contributed by atoms with van der Waals surface area (Å²) in [5.41, 5.74) is 2.71. The van der Waals surface area contributed by atoms with Crippen molar-refractivity contribution in [3.05, 3.63) is 71.3 Å². The lowest BCUT2D eigenvalue weighted by atomic mass is 10.1. The molecule has 0 aliphatic carbocycles. The molecule has 0 saturated heterocycles. The molecule has 0 spiro atoms. The van der Waals surface area contributed by atoms with E-state index in [1.807, 2.05) is 54.6 Å². The van der Waals surface area contributed by atoms with Crippen LogP contribution in [0.3, 0.4) is 0 Å². The van der Waals surface area contributed by atoms with E-state index in [2.05, 4.69) is 29.7 Å². The molecule has 0 fully saturated rings. The molecule has 1 unspecified atom stereocenters. The van der Waals surface area contributed by atoms with E-state index in [1.165, 1.54) is 19.8 Å². The number of ether oxygens (including phenoxy) is 1. The SMILES string of the molecule is CCCN(CCC)CCCCN(Cc1ccc(C#N)cc1)C(OC(C)=O)c1ccccc1. The molecule has 1 atom stereocenters. The third kappa shape index (κ3) is 8.82. The number of benzene rings is 2. The standard InChI is InChI=1S/C27H37N3O2/c1-4-17-29(18-5-2)19-9-10-20-30(22-25-15-13-24(21-28)14-16-25)27(32-23(3)31)26-11-7-6-8-12-26/h6-8,11-16,27H,4-5,9-10,17-20,22H2,1-3H3. The lowest BCUT2D eigenvalue weighted by molar-refractivity contribution is -0.158. The van der Waals surface area contributed by atoms with Crippen molar-refractivity contribution in [1.29, 1.82) is 5.26 Å². The largest absolute Gasteiger partial charge is 0.442 e. The Labute approximate surface area is 193 Å². The fourth-order valence-electron chi connectivity index (χ4n) is 3.94. The molecule has 5 heteroatoms. The minimum atomic E-state index is -0.438. The maximum Gasteiger partial charge on any atom is 0.304 e. The first-order valence-corrected chi connectivity index (χ1v) is 11.7. The number of hydrogen-bond donors (Lipinski definition) is 0. The Morgan fingerprint density at radius 1 is 0.938 bits per heavy atom. The number of hydrogen-bond acceptors (Lipinski definition) is 5. The number of rotatable bonds is 14. The second-order valence-electron chi connectivity index (χ2n) is 8.20. The van der Waals surface area contributed by atoms with Gasteiger partial charge >= 0.3 is 5.97 Å². The summed E-state index contributed by atoms with van der Waals surface area (Å²) in [7, 11) is 0. The third-order valence-electron chi connectivity index (χ3n) is 5.41. The van der Waals surface area contributed by atoms with Crippen LogP contribution in [0.4, 0.5) is 0 Å². The van der Waals surface area contributed by atoms with Crippen molar-refractivity contribution in [2.75, 3.05) is 26.2 Å². The van der Waals surface area contributed by atoms with Crippen LogP contribution in [0.25, 0.3) is 0 Å². The van der Waals surface area contributed by atoms with Crippen LogP contribution in [0.2, 0.25) is 0 Å². The summed E-state index contributed by atoms with van der Waals surface area (Å²) < 4.78 is 5.80. The number of carbonyl (C=O) groups is 1. The zero-order chi connectivity index (χ0) is 23.2. The molecular formula is C27H37N3O2. The van der Waals surface area contributed by atoms with Crippen molar-refractivity contribution in [1.82, 2.24) is 9.80 Å². The summed E-state index contributed by atoms with van der Waals surface area (Å²) in [6, 6.07) is 19.7. The molecule has 2 rings (SSSR count). The molecule has 0 saturated carbocycles. The Kier molecular flexibility index (Phi) is 11.5. The summed E-state index contributed by atoms with van der Waals surface area (Å²) in [4.78, 5) is 16.7. The van der Waals surface area contributed by atoms with Gasteiger partial charge in [0, 0.05) is 25.6 Å². The first kappa shape index (κ1) is 25.6. The predicted octanol–water partition coefficient (Wildman–Crippen LogP) is 5.52. The molecule has 0 amide bonds. The van der Waals surface area contributed by atoms with E-state index in [0.717, 1.165) is 50.1 Å². The number of nitriles is 1. The van der Waals surface area contributed by atoms with E-state index < -0.39 is 6.23 Å². The zero-order valence-electron chi connectivity index (χ0n) is 19.8. The van der Waals surface area contributed by atoms with Crippen LogP contribution in [-0.2, 0) is 16.1 Å². The Bertz CT molecular complexity index is 824. The average molecular weight is 436 g/mol. The highest BCUT2D eigenvalue weighted by Crippen LogP contribution is 2.25. The highest BCUT2D eigenvalue weighted by atomic mass is 16.6. The van der Waals surface area contributed by atoms with E-state index in [0.29, 0.717) is 12.1 Å². The molecule has 5 nitrogen and oxygen atoms in total. The van der Waals surface area contributed by atoms with Gasteiger partial charge in [0.05, 0.1) is 11.6 Å². The first-order valence-electron chi connectivity index (χ1n) is 11.7. The van der Waals surface area contributed by atoms with Crippen LogP contribution in [0, 0.1) is 11.3 Å². The lowest BCUT2D eigenvalue weighted by Gasteiger charge is -2.32. The van der Waals surface area contributed by atoms with Crippen molar-refractivity contribution in [3.8, 4) is 6.07 Å². The Balaban J connectivity index is 2.14. The van der Waals surface area contributed by atoms with Crippen LogP contribution < -0.4 is 0 Å². The molecule has 2 aromatic rings. The van der Waals surface area contributed by atoms with Gasteiger partial charge in [-0.3, -0.25) is 9.69 Å². The van der Waals surface area contributed by atoms with Gasteiger partial charge in [-0.15, -0.1) is 0 Å². The summed E-state index contributed by atoms with van der Waals surface area (Å²) in [5, 5.41) is 9.09. The van der Waals surface area contributed by atoms with Gasteiger partial charge in [0.1, 0.15) is 0 Å². The lowest BCUT2D eigenvalue weighted by Crippen LogP contribution is -2.33. The minimum Gasteiger partial charge on any atom is -0.442 e. The van der Waals surface area contributed by atoms with Gasteiger partial charge in [-0.1, -0.05) is 56.3 Å². The second-order valence-corrected chi connectivity index (χ2v) is 8.20. The Hall–Kier alpha value is -2.68. The molecule has 0 radical (unpaired) electrons. The number of esters is 1. The summed E-state index contributed by atoms with van der Waals surface area (Å²) in [5.74, 6) is -0.291. The molecule has 0 bridgehead atoms. The van der Waals surface area contributed by atoms with E-state index in [-0.39, 0.29) is 5.97 Å². The van der Waals surface area contributed by atoms with E-state index in [9.17, 15) is 4.79 Å². The summed E-state index contributed by atoms with van der Waals surface area (Å²) >= 11 is 0. The quantitative estimate of drug-likeness (QED) is 0.222. The smallest absolute Gasteiger partial charge is 0.304 e. The molecule has 0 heterocycles. The topological polar surface area (TPSA) is 56.6 Å². The third-order valence-corrected chi connectivity index (χ3v) is 5.41. The van der Waals surface area contributed by atoms with Crippen molar-refractivity contribution >= 4 is 5.97 Å². The van der Waals surface area contributed by atoms with Crippen LogP contribution in [0.15, 0.2) is 54.6 Å². The molecule has 0 aliphatic heterocycles. The molecule has 0 aliphatic rings. The van der Waals surface area contributed by atoms with Crippen molar-refractivity contribution in [3.63, 3.8) is 0 Å². The normalized spacial score (nSPS) is 12.0. The fraction of sp³-hybridized carbons (Fsp3) is 0.481. The van der Waals surface area contributed by atoms with Crippen LogP contribution in [-0.4, -0.2) is 41.9 Å². The van der Waals surface area contributed by atoms with E-state index in [1.54, 1.807) is 0 Å². The molecule has 32 heavy (non-hydrogen) atoms. The van der Waals surface area contributed by atoms with Gasteiger partial charge in [0.2, 0.25) is 0 Å². The van der Waals surface area contributed by atoms with E-state index >= 15 is 0 Å². The Morgan fingerprint density at radius 2 is 1.56 bits per heavy atom. The highest BCUT2D eigenvalue weighted by Gasteiger charge is 2.23. The molecule has 0 N–H and O–H groups in total. The zero-order valence-corrected chi connectivity index (χ0v) is 19.8. The number of unbranched alkanes of at least 4 members (excludes halogenated alkanes) is 1. The van der Waals surface area contributed by atoms with E-state index in [4.69, 9.17) is 10.00 Å². The summed E-state index contributed by atoms with van der Waals surface area (Å²) in [6.07, 6.45) is 4.03. The predicted molar refractivity (Wildman–Crippen MR) is 129 cm³/mol. The maximum absolute atomic E-state index is 11.9. The summed E-state index contributed by atoms with van der Waals surface area (Å²) in [6.45, 7) is 10.8. The number of nitrogens with zero attached hydrogens (tertiary/aromatic N) is 3. The van der Waals surface area contributed by atoms with Gasteiger partial charge in [-0.05, 0) is 63.0 Å². The fourth-order valence-corrected chi connectivity index (χ4v) is 3.94. The van der Waals surface area contributed by atoms with Gasteiger partial charge in [-0.2, -0.15) is 5.26 Å². The number of carbonyl (C=O) groups excluding carboxylic acids is 1. The van der Waals surface area contributed by atoms with Gasteiger partial charge in [0.25, 0.3) is 0 Å². The highest BCUT2D eigenvalue weighted by molar-refractivity contribution is 5.66. The molecule has 172 valence electrons. The molecule has 0 aromatic heterocycles. The molecule has 2 aromatic carbocycles. The van der Waals surface area contributed by atoms with Gasteiger partial charge < -0.3 is 9.64 Å². The van der Waals surface area contributed by atoms with Gasteiger partial charge in [0.15, 0.2) is 6.23 Å². The van der Waals surface area contributed by atoms with Gasteiger partial charge in [-0.25, -0.2) is 0 Å².